The van der Waals surface area contributed by atoms with E-state index in [-0.39, 0.29) is 12.3 Å². The number of hydrogen-bond acceptors (Lipinski definition) is 6. The quantitative estimate of drug-likeness (QED) is 0.632. The Morgan fingerprint density at radius 2 is 1.90 bits per heavy atom. The predicted octanol–water partition coefficient (Wildman–Crippen LogP) is 3.17. The second-order valence-electron chi connectivity index (χ2n) is 8.09. The van der Waals surface area contributed by atoms with Crippen LogP contribution in [0.1, 0.15) is 5.56 Å². The Labute approximate surface area is 185 Å². The SMILES string of the molecule is N[C@H]1CN(c2cc(N3CCS(=O)(=O)c4ccccc4C3)nc3ccc(Cl)cc23)C[C@@H]1F. The van der Waals surface area contributed by atoms with Crippen LogP contribution in [0, 0.1) is 0 Å². The number of hydrogen-bond donors (Lipinski definition) is 1. The van der Waals surface area contributed by atoms with Crippen LogP contribution in [0.5, 0.6) is 0 Å². The molecule has 2 aliphatic heterocycles. The molecule has 9 heteroatoms. The van der Waals surface area contributed by atoms with Gasteiger partial charge in [-0.2, -0.15) is 0 Å². The molecule has 2 aliphatic rings. The van der Waals surface area contributed by atoms with Crippen LogP contribution in [0.2, 0.25) is 5.02 Å². The van der Waals surface area contributed by atoms with Crippen molar-refractivity contribution in [2.45, 2.75) is 23.7 Å². The lowest BCUT2D eigenvalue weighted by Gasteiger charge is -2.26. The molecule has 0 bridgehead atoms. The van der Waals surface area contributed by atoms with Crippen molar-refractivity contribution in [3.63, 3.8) is 0 Å². The van der Waals surface area contributed by atoms with Gasteiger partial charge in [0.05, 0.1) is 34.4 Å². The molecule has 2 N–H and O–H groups in total. The normalized spacial score (nSPS) is 23.1. The number of sulfone groups is 1. The molecule has 0 saturated carbocycles. The van der Waals surface area contributed by atoms with Gasteiger partial charge >= 0.3 is 0 Å². The number of rotatable bonds is 2. The summed E-state index contributed by atoms with van der Waals surface area (Å²) in [6.07, 6.45) is -1.11. The predicted molar refractivity (Wildman–Crippen MR) is 121 cm³/mol. The number of benzene rings is 2. The molecule has 2 aromatic carbocycles. The van der Waals surface area contributed by atoms with Gasteiger partial charge in [-0.25, -0.2) is 17.8 Å². The highest BCUT2D eigenvalue weighted by Crippen LogP contribution is 2.35. The van der Waals surface area contributed by atoms with Crippen molar-refractivity contribution in [3.8, 4) is 0 Å². The molecule has 1 fully saturated rings. The van der Waals surface area contributed by atoms with Crippen LogP contribution in [-0.2, 0) is 16.4 Å². The third kappa shape index (κ3) is 3.73. The van der Waals surface area contributed by atoms with Crippen LogP contribution in [0.4, 0.5) is 15.9 Å². The van der Waals surface area contributed by atoms with Crippen molar-refractivity contribution in [1.82, 2.24) is 4.98 Å². The largest absolute Gasteiger partial charge is 0.366 e. The summed E-state index contributed by atoms with van der Waals surface area (Å²) in [4.78, 5) is 9.05. The fraction of sp³-hybridized carbons (Fsp3) is 0.318. The van der Waals surface area contributed by atoms with E-state index in [4.69, 9.17) is 22.3 Å². The Hall–Kier alpha value is -2.42. The van der Waals surface area contributed by atoms with Gasteiger partial charge in [-0.05, 0) is 29.8 Å². The minimum absolute atomic E-state index is 0.000818. The Bertz CT molecular complexity index is 1260. The van der Waals surface area contributed by atoms with E-state index in [2.05, 4.69) is 0 Å². The molecular formula is C22H22ClFN4O2S. The zero-order valence-corrected chi connectivity index (χ0v) is 18.3. The number of halogens is 2. The lowest BCUT2D eigenvalue weighted by molar-refractivity contribution is 0.333. The molecule has 3 aromatic rings. The van der Waals surface area contributed by atoms with Gasteiger partial charge in [0.2, 0.25) is 0 Å². The van der Waals surface area contributed by atoms with E-state index < -0.39 is 22.1 Å². The maximum Gasteiger partial charge on any atom is 0.180 e. The van der Waals surface area contributed by atoms with Crippen LogP contribution in [-0.4, -0.2) is 51.0 Å². The summed E-state index contributed by atoms with van der Waals surface area (Å²) in [6.45, 7) is 1.33. The fourth-order valence-corrected chi connectivity index (χ4v) is 6.01. The molecule has 0 amide bonds. The summed E-state index contributed by atoms with van der Waals surface area (Å²) in [5, 5.41) is 1.39. The van der Waals surface area contributed by atoms with E-state index in [1.165, 1.54) is 0 Å². The number of pyridine rings is 1. The van der Waals surface area contributed by atoms with Crippen molar-refractivity contribution >= 4 is 43.8 Å². The highest BCUT2D eigenvalue weighted by molar-refractivity contribution is 7.91. The minimum atomic E-state index is -3.37. The second-order valence-corrected chi connectivity index (χ2v) is 10.6. The summed E-state index contributed by atoms with van der Waals surface area (Å²) < 4.78 is 39.7. The van der Waals surface area contributed by atoms with Crippen molar-refractivity contribution in [1.29, 1.82) is 0 Å². The molecule has 5 rings (SSSR count). The lowest BCUT2D eigenvalue weighted by Crippen LogP contribution is -2.30. The van der Waals surface area contributed by atoms with Crippen LogP contribution in [0.3, 0.4) is 0 Å². The number of alkyl halides is 1. The molecule has 31 heavy (non-hydrogen) atoms. The minimum Gasteiger partial charge on any atom is -0.366 e. The average Bonchev–Trinajstić information content (AvgIpc) is 3.01. The monoisotopic (exact) mass is 460 g/mol. The molecule has 1 saturated heterocycles. The third-order valence-corrected chi connectivity index (χ3v) is 8.01. The topological polar surface area (TPSA) is 79.5 Å². The third-order valence-electron chi connectivity index (χ3n) is 5.99. The smallest absolute Gasteiger partial charge is 0.180 e. The van der Waals surface area contributed by atoms with Gasteiger partial charge in [0, 0.05) is 36.1 Å². The molecule has 3 heterocycles. The van der Waals surface area contributed by atoms with Crippen LogP contribution in [0.15, 0.2) is 53.4 Å². The number of anilines is 2. The van der Waals surface area contributed by atoms with Gasteiger partial charge in [0.25, 0.3) is 0 Å². The van der Waals surface area contributed by atoms with Crippen LogP contribution >= 0.6 is 11.6 Å². The van der Waals surface area contributed by atoms with Gasteiger partial charge < -0.3 is 15.5 Å². The zero-order valence-electron chi connectivity index (χ0n) is 16.7. The number of nitrogens with two attached hydrogens (primary N) is 1. The highest BCUT2D eigenvalue weighted by atomic mass is 35.5. The average molecular weight is 461 g/mol. The molecule has 6 nitrogen and oxygen atoms in total. The van der Waals surface area contributed by atoms with Crippen molar-refractivity contribution in [3.05, 3.63) is 59.1 Å². The summed E-state index contributed by atoms with van der Waals surface area (Å²) in [6, 6.07) is 13.8. The van der Waals surface area contributed by atoms with Crippen molar-refractivity contribution in [2.24, 2.45) is 5.73 Å². The molecular weight excluding hydrogens is 439 g/mol. The highest BCUT2D eigenvalue weighted by Gasteiger charge is 2.32. The van der Waals surface area contributed by atoms with E-state index in [1.54, 1.807) is 18.2 Å². The molecule has 162 valence electrons. The number of fused-ring (bicyclic) bond motifs is 2. The van der Waals surface area contributed by atoms with E-state index in [0.29, 0.717) is 40.9 Å². The summed E-state index contributed by atoms with van der Waals surface area (Å²) in [5.74, 6) is 0.647. The summed E-state index contributed by atoms with van der Waals surface area (Å²) in [5.41, 5.74) is 8.19. The first-order valence-corrected chi connectivity index (χ1v) is 12.2. The van der Waals surface area contributed by atoms with Gasteiger partial charge in [-0.3, -0.25) is 0 Å². The van der Waals surface area contributed by atoms with E-state index >= 15 is 0 Å². The second kappa shape index (κ2) is 7.62. The lowest BCUT2D eigenvalue weighted by atomic mass is 10.1. The summed E-state index contributed by atoms with van der Waals surface area (Å²) >= 11 is 6.23. The number of nitrogens with zero attached hydrogens (tertiary/aromatic N) is 3. The van der Waals surface area contributed by atoms with Gasteiger partial charge in [0.15, 0.2) is 9.84 Å². The van der Waals surface area contributed by atoms with Crippen LogP contribution in [0.25, 0.3) is 10.9 Å². The van der Waals surface area contributed by atoms with Gasteiger partial charge in [-0.1, -0.05) is 29.8 Å². The van der Waals surface area contributed by atoms with E-state index in [1.807, 2.05) is 40.1 Å². The summed E-state index contributed by atoms with van der Waals surface area (Å²) in [7, 11) is -3.37. The Morgan fingerprint density at radius 1 is 1.10 bits per heavy atom. The zero-order chi connectivity index (χ0) is 21.8. The van der Waals surface area contributed by atoms with E-state index in [0.717, 1.165) is 16.6 Å². The van der Waals surface area contributed by atoms with Gasteiger partial charge in [-0.15, -0.1) is 0 Å². The Morgan fingerprint density at radius 3 is 2.68 bits per heavy atom. The van der Waals surface area contributed by atoms with Gasteiger partial charge in [0.1, 0.15) is 12.0 Å². The maximum absolute atomic E-state index is 14.2. The Balaban J connectivity index is 1.62. The first-order valence-electron chi connectivity index (χ1n) is 10.1. The first kappa shape index (κ1) is 20.5. The molecule has 0 aliphatic carbocycles. The fourth-order valence-electron chi connectivity index (χ4n) is 4.33. The van der Waals surface area contributed by atoms with Crippen molar-refractivity contribution in [2.75, 3.05) is 35.2 Å². The standard InChI is InChI=1S/C22H22ClFN4O2S/c23-15-5-6-19-16(9-15)20(28-12-17(24)18(25)13-28)10-22(26-19)27-7-8-31(29,30)21-4-2-1-3-14(21)11-27/h1-6,9-10,17-18H,7-8,11-13,25H2/t17-,18-/m0/s1. The Kier molecular flexibility index (Phi) is 5.03. The molecule has 1 aromatic heterocycles. The first-order chi connectivity index (χ1) is 14.8. The molecule has 0 radical (unpaired) electrons. The molecule has 0 spiro atoms. The van der Waals surface area contributed by atoms with E-state index in [9.17, 15) is 12.8 Å². The van der Waals surface area contributed by atoms with Crippen LogP contribution < -0.4 is 15.5 Å². The molecule has 0 unspecified atom stereocenters. The number of aromatic nitrogens is 1. The van der Waals surface area contributed by atoms with Crippen molar-refractivity contribution < 1.29 is 12.8 Å². The maximum atomic E-state index is 14.2. The molecule has 2 atom stereocenters.